The molecule has 5 nitrogen and oxygen atoms in total. The lowest BCUT2D eigenvalue weighted by Crippen LogP contribution is -2.45. The molecule has 0 saturated carbocycles. The van der Waals surface area contributed by atoms with Gasteiger partial charge in [0.1, 0.15) is 0 Å². The van der Waals surface area contributed by atoms with Crippen LogP contribution in [0.5, 0.6) is 0 Å². The number of hydrogen-bond donors (Lipinski definition) is 3. The number of guanidine groups is 1. The fourth-order valence-corrected chi connectivity index (χ4v) is 4.04. The number of hydrogen-bond acceptors (Lipinski definition) is 3. The fraction of sp³-hybridized carbons (Fsp3) is 0.529. The van der Waals surface area contributed by atoms with Gasteiger partial charge in [0.25, 0.3) is 5.91 Å². The van der Waals surface area contributed by atoms with Crippen molar-refractivity contribution < 1.29 is 4.79 Å². The van der Waals surface area contributed by atoms with Gasteiger partial charge in [0.15, 0.2) is 5.96 Å². The van der Waals surface area contributed by atoms with E-state index in [0.717, 1.165) is 17.0 Å². The molecule has 1 aliphatic heterocycles. The molecule has 1 unspecified atom stereocenters. The Labute approximate surface area is 179 Å². The van der Waals surface area contributed by atoms with E-state index in [1.807, 2.05) is 23.9 Å². The summed E-state index contributed by atoms with van der Waals surface area (Å²) >= 11 is 5.38. The van der Waals surface area contributed by atoms with Gasteiger partial charge in [-0.2, -0.15) is 11.8 Å². The van der Waals surface area contributed by atoms with Crippen molar-refractivity contribution in [2.75, 3.05) is 32.4 Å². The van der Waals surface area contributed by atoms with E-state index in [1.165, 1.54) is 18.6 Å². The molecule has 3 N–H and O–H groups in total. The second-order valence-corrected chi connectivity index (χ2v) is 8.62. The Morgan fingerprint density at radius 2 is 1.92 bits per heavy atom. The zero-order chi connectivity index (χ0) is 17.4. The molecule has 1 fully saturated rings. The first kappa shape index (κ1) is 22.6. The van der Waals surface area contributed by atoms with Crippen LogP contribution in [0, 0.1) is 0 Å². The molecule has 1 aromatic carbocycles. The van der Waals surface area contributed by atoms with Gasteiger partial charge in [0.05, 0.1) is 0 Å². The molecule has 0 radical (unpaired) electrons. The Hall–Kier alpha value is -0.480. The minimum absolute atomic E-state index is 0. The highest BCUT2D eigenvalue weighted by Crippen LogP contribution is 2.36. The number of amides is 1. The summed E-state index contributed by atoms with van der Waals surface area (Å²) in [6, 6.07) is 7.32. The number of rotatable bonds is 6. The Balaban J connectivity index is 0.00000312. The highest BCUT2D eigenvalue weighted by atomic mass is 127. The lowest BCUT2D eigenvalue weighted by Gasteiger charge is -2.24. The van der Waals surface area contributed by atoms with E-state index in [9.17, 15) is 4.79 Å². The Morgan fingerprint density at radius 3 is 2.52 bits per heavy atom. The van der Waals surface area contributed by atoms with Gasteiger partial charge in [0.2, 0.25) is 0 Å². The van der Waals surface area contributed by atoms with Gasteiger partial charge in [-0.15, -0.1) is 24.0 Å². The van der Waals surface area contributed by atoms with Gasteiger partial charge < -0.3 is 16.0 Å². The molecular formula is C17H26BrIN4OS. The van der Waals surface area contributed by atoms with E-state index in [2.05, 4.69) is 43.8 Å². The predicted octanol–water partition coefficient (Wildman–Crippen LogP) is 3.25. The van der Waals surface area contributed by atoms with Crippen LogP contribution in [-0.4, -0.2) is 49.0 Å². The van der Waals surface area contributed by atoms with Crippen LogP contribution in [0.1, 0.15) is 30.1 Å². The fourth-order valence-electron chi connectivity index (χ4n) is 2.53. The van der Waals surface area contributed by atoms with Crippen LogP contribution in [0.2, 0.25) is 0 Å². The maximum atomic E-state index is 12.0. The summed E-state index contributed by atoms with van der Waals surface area (Å²) in [7, 11) is 1.76. The van der Waals surface area contributed by atoms with E-state index in [4.69, 9.17) is 0 Å². The summed E-state index contributed by atoms with van der Waals surface area (Å²) in [6.45, 7) is 4.37. The van der Waals surface area contributed by atoms with Crippen LogP contribution in [0.15, 0.2) is 33.7 Å². The molecule has 0 aliphatic carbocycles. The molecule has 1 aromatic rings. The number of carbonyl (C=O) groups is 1. The van der Waals surface area contributed by atoms with Crippen molar-refractivity contribution in [3.8, 4) is 0 Å². The van der Waals surface area contributed by atoms with Crippen molar-refractivity contribution in [2.24, 2.45) is 4.99 Å². The van der Waals surface area contributed by atoms with Crippen LogP contribution >= 0.6 is 51.7 Å². The quantitative estimate of drug-likeness (QED) is 0.224. The number of benzene rings is 1. The second-order valence-electron chi connectivity index (χ2n) is 6.02. The number of carbonyl (C=O) groups excluding carboxylic acids is 1. The van der Waals surface area contributed by atoms with Gasteiger partial charge in [-0.05, 0) is 49.8 Å². The van der Waals surface area contributed by atoms with E-state index in [-0.39, 0.29) is 29.9 Å². The van der Waals surface area contributed by atoms with Crippen LogP contribution < -0.4 is 16.0 Å². The zero-order valence-corrected chi connectivity index (χ0v) is 19.3. The molecule has 1 amide bonds. The first-order valence-electron chi connectivity index (χ1n) is 8.15. The summed E-state index contributed by atoms with van der Waals surface area (Å²) in [5.41, 5.74) is 0.659. The molecule has 0 spiro atoms. The SMILES string of the molecule is CN=C(NCCNC(=O)c1ccc(Br)cc1)NCC1(C)CCCS1.I. The lowest BCUT2D eigenvalue weighted by atomic mass is 10.1. The van der Waals surface area contributed by atoms with Crippen LogP contribution in [0.4, 0.5) is 0 Å². The maximum absolute atomic E-state index is 12.0. The van der Waals surface area contributed by atoms with Crippen molar-refractivity contribution in [1.82, 2.24) is 16.0 Å². The summed E-state index contributed by atoms with van der Waals surface area (Å²) < 4.78 is 1.26. The van der Waals surface area contributed by atoms with Gasteiger partial charge >= 0.3 is 0 Å². The Kier molecular flexibility index (Phi) is 10.2. The number of nitrogens with zero attached hydrogens (tertiary/aromatic N) is 1. The Morgan fingerprint density at radius 1 is 1.24 bits per heavy atom. The molecule has 0 bridgehead atoms. The highest BCUT2D eigenvalue weighted by molar-refractivity contribution is 14.0. The summed E-state index contributed by atoms with van der Waals surface area (Å²) in [4.78, 5) is 16.2. The lowest BCUT2D eigenvalue weighted by molar-refractivity contribution is 0.0954. The molecular weight excluding hydrogens is 515 g/mol. The van der Waals surface area contributed by atoms with Crippen molar-refractivity contribution in [2.45, 2.75) is 24.5 Å². The standard InChI is InChI=1S/C17H25BrN4OS.HI/c1-17(8-3-11-24-17)12-22-16(19-2)21-10-9-20-15(23)13-4-6-14(18)7-5-13;/h4-7H,3,8-12H2,1-2H3,(H,20,23)(H2,19,21,22);1H. The molecule has 1 saturated heterocycles. The number of halogens is 2. The number of thioether (sulfide) groups is 1. The zero-order valence-electron chi connectivity index (χ0n) is 14.6. The molecule has 1 heterocycles. The molecule has 140 valence electrons. The van der Waals surface area contributed by atoms with Crippen molar-refractivity contribution in [1.29, 1.82) is 0 Å². The van der Waals surface area contributed by atoms with E-state index >= 15 is 0 Å². The maximum Gasteiger partial charge on any atom is 0.251 e. The molecule has 8 heteroatoms. The monoisotopic (exact) mass is 540 g/mol. The largest absolute Gasteiger partial charge is 0.355 e. The second kappa shape index (κ2) is 11.3. The van der Waals surface area contributed by atoms with Gasteiger partial charge in [-0.1, -0.05) is 15.9 Å². The number of aliphatic imine (C=N–C) groups is 1. The van der Waals surface area contributed by atoms with Crippen LogP contribution in [0.25, 0.3) is 0 Å². The minimum atomic E-state index is -0.0675. The van der Waals surface area contributed by atoms with Crippen LogP contribution in [-0.2, 0) is 0 Å². The minimum Gasteiger partial charge on any atom is -0.355 e. The topological polar surface area (TPSA) is 65.5 Å². The van der Waals surface area contributed by atoms with Crippen LogP contribution in [0.3, 0.4) is 0 Å². The average molecular weight is 541 g/mol. The molecule has 0 aromatic heterocycles. The smallest absolute Gasteiger partial charge is 0.251 e. The summed E-state index contributed by atoms with van der Waals surface area (Å²) in [5.74, 6) is 1.95. The third-order valence-electron chi connectivity index (χ3n) is 3.96. The summed E-state index contributed by atoms with van der Waals surface area (Å²) in [5, 5.41) is 9.51. The Bertz CT molecular complexity index is 577. The van der Waals surface area contributed by atoms with Gasteiger partial charge in [-0.25, -0.2) is 0 Å². The van der Waals surface area contributed by atoms with E-state index in [0.29, 0.717) is 23.4 Å². The third kappa shape index (κ3) is 7.74. The van der Waals surface area contributed by atoms with Crippen molar-refractivity contribution in [3.63, 3.8) is 0 Å². The average Bonchev–Trinajstić information content (AvgIpc) is 3.01. The number of nitrogens with one attached hydrogen (secondary N) is 3. The molecule has 2 rings (SSSR count). The highest BCUT2D eigenvalue weighted by Gasteiger charge is 2.29. The van der Waals surface area contributed by atoms with E-state index < -0.39 is 0 Å². The van der Waals surface area contributed by atoms with Gasteiger partial charge in [0, 0.05) is 41.5 Å². The molecule has 1 atom stereocenters. The first-order chi connectivity index (χ1) is 11.5. The van der Waals surface area contributed by atoms with Crippen molar-refractivity contribution in [3.05, 3.63) is 34.3 Å². The van der Waals surface area contributed by atoms with Gasteiger partial charge in [-0.3, -0.25) is 9.79 Å². The third-order valence-corrected chi connectivity index (χ3v) is 6.03. The van der Waals surface area contributed by atoms with E-state index in [1.54, 1.807) is 19.2 Å². The predicted molar refractivity (Wildman–Crippen MR) is 121 cm³/mol. The normalized spacial score (nSPS) is 19.9. The molecule has 1 aliphatic rings. The first-order valence-corrected chi connectivity index (χ1v) is 9.92. The molecule has 25 heavy (non-hydrogen) atoms. The summed E-state index contributed by atoms with van der Waals surface area (Å²) in [6.07, 6.45) is 2.53. The van der Waals surface area contributed by atoms with Crippen molar-refractivity contribution >= 4 is 63.5 Å².